The molecule has 0 saturated heterocycles. The Kier molecular flexibility index (Phi) is 4.69. The lowest BCUT2D eigenvalue weighted by Gasteiger charge is -2.22. The molecule has 2 fully saturated rings. The molecule has 0 amide bonds. The number of rotatable bonds is 7. The van der Waals surface area contributed by atoms with Crippen LogP contribution in [-0.2, 0) is 6.61 Å². The summed E-state index contributed by atoms with van der Waals surface area (Å²) in [5.74, 6) is 4.13. The number of fused-ring (bicyclic) bond motifs is 2. The molecule has 1 aromatic carbocycles. The quantitative estimate of drug-likeness (QED) is 0.830. The van der Waals surface area contributed by atoms with Gasteiger partial charge in [-0.05, 0) is 55.6 Å². The molecule has 0 heterocycles. The largest absolute Gasteiger partial charge is 0.493 e. The van der Waals surface area contributed by atoms with Crippen LogP contribution in [-0.4, -0.2) is 18.3 Å². The van der Waals surface area contributed by atoms with E-state index in [0.29, 0.717) is 12.5 Å². The predicted octanol–water partition coefficient (Wildman–Crippen LogP) is 3.78. The van der Waals surface area contributed by atoms with Gasteiger partial charge in [-0.2, -0.15) is 0 Å². The van der Waals surface area contributed by atoms with Crippen LogP contribution < -0.4 is 9.47 Å². The Bertz CT molecular complexity index is 472. The van der Waals surface area contributed by atoms with Crippen LogP contribution in [0.5, 0.6) is 11.5 Å². The summed E-state index contributed by atoms with van der Waals surface area (Å²) in [5.41, 5.74) is 0.849. The lowest BCUT2D eigenvalue weighted by molar-refractivity contribution is 0.188. The van der Waals surface area contributed by atoms with Gasteiger partial charge in [0.2, 0.25) is 0 Å². The number of aliphatic hydroxyl groups is 1. The van der Waals surface area contributed by atoms with Crippen molar-refractivity contribution in [2.75, 3.05) is 13.2 Å². The number of benzene rings is 1. The van der Waals surface area contributed by atoms with Gasteiger partial charge in [0.1, 0.15) is 11.5 Å². The van der Waals surface area contributed by atoms with Crippen molar-refractivity contribution in [3.8, 4) is 11.5 Å². The maximum atomic E-state index is 9.46. The molecular formula is C18H26O3. The first-order valence-corrected chi connectivity index (χ1v) is 8.29. The van der Waals surface area contributed by atoms with E-state index in [1.165, 1.54) is 25.7 Å². The summed E-state index contributed by atoms with van der Waals surface area (Å²) in [6.45, 7) is 3.60. The molecule has 1 N–H and O–H groups in total. The molecule has 2 saturated carbocycles. The molecule has 0 spiro atoms. The summed E-state index contributed by atoms with van der Waals surface area (Å²) in [7, 11) is 0. The summed E-state index contributed by atoms with van der Waals surface area (Å²) in [6.07, 6.45) is 6.52. The van der Waals surface area contributed by atoms with Crippen LogP contribution >= 0.6 is 0 Å². The van der Waals surface area contributed by atoms with E-state index in [-0.39, 0.29) is 6.61 Å². The molecule has 0 aromatic heterocycles. The third-order valence-corrected chi connectivity index (χ3v) is 5.02. The first kappa shape index (κ1) is 14.7. The van der Waals surface area contributed by atoms with Crippen molar-refractivity contribution in [2.45, 2.75) is 45.6 Å². The highest BCUT2D eigenvalue weighted by atomic mass is 16.5. The van der Waals surface area contributed by atoms with Gasteiger partial charge in [-0.3, -0.25) is 0 Å². The molecule has 3 heteroatoms. The molecule has 116 valence electrons. The highest BCUT2D eigenvalue weighted by Gasteiger charge is 2.39. The second-order valence-corrected chi connectivity index (χ2v) is 6.52. The lowest BCUT2D eigenvalue weighted by atomic mass is 9.89. The maximum Gasteiger partial charge on any atom is 0.128 e. The zero-order valence-electron chi connectivity index (χ0n) is 12.9. The van der Waals surface area contributed by atoms with Crippen molar-refractivity contribution >= 4 is 0 Å². The van der Waals surface area contributed by atoms with Gasteiger partial charge in [-0.15, -0.1) is 0 Å². The van der Waals surface area contributed by atoms with Crippen LogP contribution in [0.15, 0.2) is 18.2 Å². The van der Waals surface area contributed by atoms with Gasteiger partial charge in [0, 0.05) is 11.6 Å². The Morgan fingerprint density at radius 2 is 2.10 bits per heavy atom. The molecule has 2 aliphatic carbocycles. The topological polar surface area (TPSA) is 38.7 Å². The van der Waals surface area contributed by atoms with Crippen LogP contribution in [0.3, 0.4) is 0 Å². The fourth-order valence-corrected chi connectivity index (χ4v) is 3.89. The van der Waals surface area contributed by atoms with Crippen molar-refractivity contribution in [1.29, 1.82) is 0 Å². The summed E-state index contributed by atoms with van der Waals surface area (Å²) < 4.78 is 11.7. The molecule has 1 aromatic rings. The maximum absolute atomic E-state index is 9.46. The summed E-state index contributed by atoms with van der Waals surface area (Å²) in [4.78, 5) is 0. The van der Waals surface area contributed by atoms with Gasteiger partial charge >= 0.3 is 0 Å². The van der Waals surface area contributed by atoms with Gasteiger partial charge in [0.25, 0.3) is 0 Å². The highest BCUT2D eigenvalue weighted by molar-refractivity contribution is 5.40. The Morgan fingerprint density at radius 1 is 1.19 bits per heavy atom. The molecule has 0 radical (unpaired) electrons. The van der Waals surface area contributed by atoms with Crippen molar-refractivity contribution in [3.63, 3.8) is 0 Å². The lowest BCUT2D eigenvalue weighted by Crippen LogP contribution is -2.19. The van der Waals surface area contributed by atoms with E-state index in [4.69, 9.17) is 9.47 Å². The minimum Gasteiger partial charge on any atom is -0.493 e. The molecule has 21 heavy (non-hydrogen) atoms. The van der Waals surface area contributed by atoms with E-state index >= 15 is 0 Å². The Hall–Kier alpha value is -1.22. The zero-order valence-corrected chi connectivity index (χ0v) is 12.9. The first-order chi connectivity index (χ1) is 10.3. The predicted molar refractivity (Wildman–Crippen MR) is 82.6 cm³/mol. The number of hydrogen-bond acceptors (Lipinski definition) is 3. The number of ether oxygens (including phenoxy) is 2. The van der Waals surface area contributed by atoms with E-state index in [1.807, 2.05) is 18.2 Å². The van der Waals surface area contributed by atoms with E-state index in [2.05, 4.69) is 6.92 Å². The van der Waals surface area contributed by atoms with Crippen LogP contribution in [0, 0.1) is 17.8 Å². The third kappa shape index (κ3) is 3.34. The molecule has 3 nitrogen and oxygen atoms in total. The fraction of sp³-hybridized carbons (Fsp3) is 0.667. The van der Waals surface area contributed by atoms with E-state index in [1.54, 1.807) is 0 Å². The molecule has 3 atom stereocenters. The Balaban J connectivity index is 1.62. The standard InChI is InChI=1S/C18H26O3/c1-2-7-20-17-6-5-15(11-19)18(10-17)21-12-16-9-13-3-4-14(16)8-13/h5-6,10,13-14,16,19H,2-4,7-9,11-12H2,1H3. The second kappa shape index (κ2) is 6.69. The molecule has 3 unspecified atom stereocenters. The average Bonchev–Trinajstić information content (AvgIpc) is 3.13. The van der Waals surface area contributed by atoms with Crippen LogP contribution in [0.1, 0.15) is 44.6 Å². The third-order valence-electron chi connectivity index (χ3n) is 5.02. The van der Waals surface area contributed by atoms with E-state index in [9.17, 15) is 5.11 Å². The smallest absolute Gasteiger partial charge is 0.128 e. The summed E-state index contributed by atoms with van der Waals surface area (Å²) in [6, 6.07) is 5.74. The normalized spacial score (nSPS) is 27.0. The summed E-state index contributed by atoms with van der Waals surface area (Å²) >= 11 is 0. The molecule has 0 aliphatic heterocycles. The Labute approximate surface area is 127 Å². The van der Waals surface area contributed by atoms with Gasteiger partial charge in [-0.1, -0.05) is 13.3 Å². The van der Waals surface area contributed by atoms with E-state index < -0.39 is 0 Å². The Morgan fingerprint density at radius 3 is 2.76 bits per heavy atom. The van der Waals surface area contributed by atoms with Crippen molar-refractivity contribution in [3.05, 3.63) is 23.8 Å². The highest BCUT2D eigenvalue weighted by Crippen LogP contribution is 2.48. The van der Waals surface area contributed by atoms with Gasteiger partial charge in [0.05, 0.1) is 19.8 Å². The monoisotopic (exact) mass is 290 g/mol. The summed E-state index contributed by atoms with van der Waals surface area (Å²) in [5, 5.41) is 9.46. The van der Waals surface area contributed by atoms with Gasteiger partial charge in [-0.25, -0.2) is 0 Å². The average molecular weight is 290 g/mol. The van der Waals surface area contributed by atoms with Crippen molar-refractivity contribution in [2.24, 2.45) is 17.8 Å². The number of aliphatic hydroxyl groups excluding tert-OH is 1. The first-order valence-electron chi connectivity index (χ1n) is 8.29. The zero-order chi connectivity index (χ0) is 14.7. The second-order valence-electron chi connectivity index (χ2n) is 6.52. The molecule has 2 bridgehead atoms. The van der Waals surface area contributed by atoms with E-state index in [0.717, 1.165) is 41.9 Å². The van der Waals surface area contributed by atoms with Gasteiger partial charge < -0.3 is 14.6 Å². The minimum absolute atomic E-state index is 0.0140. The molecule has 3 rings (SSSR count). The number of hydrogen-bond donors (Lipinski definition) is 1. The van der Waals surface area contributed by atoms with Crippen LogP contribution in [0.25, 0.3) is 0 Å². The van der Waals surface area contributed by atoms with Crippen molar-refractivity contribution < 1.29 is 14.6 Å². The van der Waals surface area contributed by atoms with Crippen LogP contribution in [0.2, 0.25) is 0 Å². The molecular weight excluding hydrogens is 264 g/mol. The van der Waals surface area contributed by atoms with Gasteiger partial charge in [0.15, 0.2) is 0 Å². The SMILES string of the molecule is CCCOc1ccc(CO)c(OCC2CC3CCC2C3)c1. The minimum atomic E-state index is 0.0140. The molecule has 2 aliphatic rings. The fourth-order valence-electron chi connectivity index (χ4n) is 3.89. The van der Waals surface area contributed by atoms with Crippen molar-refractivity contribution in [1.82, 2.24) is 0 Å². The van der Waals surface area contributed by atoms with Crippen LogP contribution in [0.4, 0.5) is 0 Å².